The van der Waals surface area contributed by atoms with E-state index in [4.69, 9.17) is 13.8 Å². The molecule has 0 saturated carbocycles. The average Bonchev–Trinajstić information content (AvgIpc) is 2.92. The van der Waals surface area contributed by atoms with Crippen LogP contribution in [0.3, 0.4) is 0 Å². The van der Waals surface area contributed by atoms with Crippen LogP contribution in [0.1, 0.15) is 40.3 Å². The molecular weight excluding hydrogens is 451 g/mol. The van der Waals surface area contributed by atoms with E-state index in [0.717, 1.165) is 28.6 Å². The quantitative estimate of drug-likeness (QED) is 0.321. The summed E-state index contributed by atoms with van der Waals surface area (Å²) < 4.78 is 28.7. The average molecular weight is 480 g/mol. The minimum atomic E-state index is -2.94. The molecule has 1 aliphatic rings. The van der Waals surface area contributed by atoms with Crippen molar-refractivity contribution < 1.29 is 33.4 Å². The summed E-state index contributed by atoms with van der Waals surface area (Å²) in [5.41, 5.74) is -3.70. The third-order valence-corrected chi connectivity index (χ3v) is 7.30. The lowest BCUT2D eigenvalue weighted by Gasteiger charge is -2.26. The number of carbonyl (C=O) groups excluding carboxylic acids is 1. The zero-order valence-corrected chi connectivity index (χ0v) is 19.6. The van der Waals surface area contributed by atoms with E-state index in [1.165, 1.54) is 6.92 Å². The van der Waals surface area contributed by atoms with Crippen molar-refractivity contribution in [2.45, 2.75) is 58.2 Å². The zero-order valence-electron chi connectivity index (χ0n) is 17.8. The van der Waals surface area contributed by atoms with Crippen LogP contribution in [0.4, 0.5) is 0 Å². The van der Waals surface area contributed by atoms with E-state index >= 15 is 0 Å². The summed E-state index contributed by atoms with van der Waals surface area (Å²) in [6.45, 7) is 6.59. The van der Waals surface area contributed by atoms with Gasteiger partial charge in [-0.15, -0.1) is 0 Å². The van der Waals surface area contributed by atoms with Crippen LogP contribution in [0.25, 0.3) is 0 Å². The van der Waals surface area contributed by atoms with Gasteiger partial charge in [0.05, 0.1) is 13.2 Å². The summed E-state index contributed by atoms with van der Waals surface area (Å²) in [6.07, 6.45) is -2.07. The van der Waals surface area contributed by atoms with Gasteiger partial charge in [-0.2, -0.15) is 0 Å². The standard InChI is InChI=1S/C18H29N2O9PS/c1-5-17(2,3)15(23)31-9-8-27-30(26)28-10-11-18(4,25)13(22)14(29-11)20-7-6-12(21)19-16(20)24/h6-7,11,13-14,22,25,30H,5,8-10H2,1-4H3,(H,19,21,24)/t11-,13?,14-,18+/m1/s1. The molecule has 5 atom stereocenters. The predicted octanol–water partition coefficient (Wildman–Crippen LogP) is 0.665. The van der Waals surface area contributed by atoms with E-state index in [1.54, 1.807) is 0 Å². The Morgan fingerprint density at radius 2 is 2.10 bits per heavy atom. The van der Waals surface area contributed by atoms with Gasteiger partial charge in [0, 0.05) is 23.4 Å². The minimum absolute atomic E-state index is 0.0205. The summed E-state index contributed by atoms with van der Waals surface area (Å²) in [7, 11) is -2.94. The molecular formula is C18H29N2O9PS. The highest BCUT2D eigenvalue weighted by Gasteiger charge is 2.53. The topological polar surface area (TPSA) is 157 Å². The molecule has 176 valence electrons. The lowest BCUT2D eigenvalue weighted by atomic mass is 9.92. The monoisotopic (exact) mass is 480 g/mol. The summed E-state index contributed by atoms with van der Waals surface area (Å²) in [5.74, 6) is 0.315. The van der Waals surface area contributed by atoms with Crippen LogP contribution in [-0.4, -0.2) is 61.7 Å². The molecule has 0 aromatic carbocycles. The van der Waals surface area contributed by atoms with E-state index in [9.17, 15) is 29.2 Å². The molecule has 0 amide bonds. The Kier molecular flexibility index (Phi) is 8.86. The van der Waals surface area contributed by atoms with Gasteiger partial charge in [0.15, 0.2) is 11.3 Å². The molecule has 0 aliphatic carbocycles. The molecule has 2 rings (SSSR count). The second-order valence-corrected chi connectivity index (χ2v) is 10.1. The van der Waals surface area contributed by atoms with E-state index in [0.29, 0.717) is 12.2 Å². The Hall–Kier alpha value is -1.27. The molecule has 0 bridgehead atoms. The van der Waals surface area contributed by atoms with Gasteiger partial charge in [-0.3, -0.25) is 23.7 Å². The van der Waals surface area contributed by atoms with Crippen molar-refractivity contribution in [2.75, 3.05) is 19.0 Å². The van der Waals surface area contributed by atoms with Gasteiger partial charge in [0.1, 0.15) is 17.8 Å². The maximum Gasteiger partial charge on any atom is 0.330 e. The number of carbonyl (C=O) groups is 1. The summed E-state index contributed by atoms with van der Waals surface area (Å²) >= 11 is 1.10. The van der Waals surface area contributed by atoms with Gasteiger partial charge >= 0.3 is 13.9 Å². The summed E-state index contributed by atoms with van der Waals surface area (Å²) in [5, 5.41) is 21.0. The summed E-state index contributed by atoms with van der Waals surface area (Å²) in [6, 6.07) is 1.08. The van der Waals surface area contributed by atoms with Crippen molar-refractivity contribution >= 4 is 25.1 Å². The molecule has 0 spiro atoms. The molecule has 0 radical (unpaired) electrons. The lowest BCUT2D eigenvalue weighted by Crippen LogP contribution is -2.47. The SMILES string of the molecule is CCC(C)(C)C(=O)SCCO[PH](=O)OC[C@H]1O[C@@H](n2ccc(=O)[nH]c2=O)C(O)[C@@]1(C)O. The highest BCUT2D eigenvalue weighted by Crippen LogP contribution is 2.38. The molecule has 2 heterocycles. The fourth-order valence-corrected chi connectivity index (χ4v) is 4.37. The number of thioether (sulfide) groups is 1. The largest absolute Gasteiger partial charge is 0.385 e. The van der Waals surface area contributed by atoms with Crippen molar-refractivity contribution in [3.8, 4) is 0 Å². The number of H-pyrrole nitrogens is 1. The van der Waals surface area contributed by atoms with Gasteiger partial charge in [0.25, 0.3) is 5.56 Å². The number of aromatic amines is 1. The Labute approximate surface area is 184 Å². The maximum absolute atomic E-state index is 12.0. The van der Waals surface area contributed by atoms with Crippen molar-refractivity contribution in [1.82, 2.24) is 9.55 Å². The Bertz CT molecular complexity index is 914. The fourth-order valence-electron chi connectivity index (χ4n) is 2.70. The Balaban J connectivity index is 1.86. The van der Waals surface area contributed by atoms with Crippen molar-refractivity contribution in [2.24, 2.45) is 5.41 Å². The third-order valence-electron chi connectivity index (χ3n) is 5.28. The molecule has 11 nitrogen and oxygen atoms in total. The van der Waals surface area contributed by atoms with Crippen LogP contribution in [0.5, 0.6) is 0 Å². The minimum Gasteiger partial charge on any atom is -0.385 e. The van der Waals surface area contributed by atoms with Crippen molar-refractivity contribution in [3.05, 3.63) is 33.1 Å². The van der Waals surface area contributed by atoms with E-state index in [2.05, 4.69) is 0 Å². The highest BCUT2D eigenvalue weighted by molar-refractivity contribution is 8.13. The first-order chi connectivity index (χ1) is 14.4. The van der Waals surface area contributed by atoms with Gasteiger partial charge in [-0.1, -0.05) is 32.5 Å². The van der Waals surface area contributed by atoms with E-state index in [-0.39, 0.29) is 18.3 Å². The number of hydrogen-bond acceptors (Lipinski definition) is 10. The van der Waals surface area contributed by atoms with Crippen LogP contribution in [-0.2, 0) is 23.1 Å². The second kappa shape index (κ2) is 10.6. The van der Waals surface area contributed by atoms with Gasteiger partial charge in [-0.25, -0.2) is 4.79 Å². The number of aliphatic hydroxyl groups is 2. The van der Waals surface area contributed by atoms with Gasteiger partial charge in [0.2, 0.25) is 0 Å². The first-order valence-electron chi connectivity index (χ1n) is 9.74. The summed E-state index contributed by atoms with van der Waals surface area (Å²) in [4.78, 5) is 37.2. The molecule has 1 fully saturated rings. The molecule has 3 N–H and O–H groups in total. The fraction of sp³-hybridized carbons (Fsp3) is 0.722. The molecule has 1 aromatic heterocycles. The molecule has 1 saturated heterocycles. The number of aliphatic hydroxyl groups excluding tert-OH is 1. The molecule has 31 heavy (non-hydrogen) atoms. The molecule has 1 aromatic rings. The van der Waals surface area contributed by atoms with Gasteiger partial charge in [-0.05, 0) is 13.3 Å². The van der Waals surface area contributed by atoms with Crippen LogP contribution >= 0.6 is 20.0 Å². The molecule has 13 heteroatoms. The van der Waals surface area contributed by atoms with Crippen LogP contribution in [0, 0.1) is 5.41 Å². The lowest BCUT2D eigenvalue weighted by molar-refractivity contribution is -0.118. The Morgan fingerprint density at radius 1 is 1.42 bits per heavy atom. The number of hydrogen-bond donors (Lipinski definition) is 3. The number of nitrogens with one attached hydrogen (secondary N) is 1. The van der Waals surface area contributed by atoms with Crippen LogP contribution < -0.4 is 11.2 Å². The molecule has 1 aliphatic heterocycles. The third kappa shape index (κ3) is 6.38. The number of rotatable bonds is 10. The highest BCUT2D eigenvalue weighted by atomic mass is 32.2. The van der Waals surface area contributed by atoms with Crippen molar-refractivity contribution in [1.29, 1.82) is 0 Å². The predicted molar refractivity (Wildman–Crippen MR) is 114 cm³/mol. The Morgan fingerprint density at radius 3 is 2.71 bits per heavy atom. The van der Waals surface area contributed by atoms with Crippen molar-refractivity contribution in [3.63, 3.8) is 0 Å². The molecule has 2 unspecified atom stereocenters. The first-order valence-corrected chi connectivity index (χ1v) is 12.0. The second-order valence-electron chi connectivity index (χ2n) is 7.99. The smallest absolute Gasteiger partial charge is 0.330 e. The normalized spacial score (nSPS) is 27.4. The maximum atomic E-state index is 12.0. The van der Waals surface area contributed by atoms with Crippen LogP contribution in [0.15, 0.2) is 21.9 Å². The number of nitrogens with zero attached hydrogens (tertiary/aromatic N) is 1. The first kappa shape index (κ1) is 26.0. The number of aromatic nitrogens is 2. The van der Waals surface area contributed by atoms with Gasteiger partial charge < -0.3 is 24.0 Å². The van der Waals surface area contributed by atoms with E-state index in [1.807, 2.05) is 25.8 Å². The zero-order chi connectivity index (χ0) is 23.4. The van der Waals surface area contributed by atoms with Crippen LogP contribution in [0.2, 0.25) is 0 Å². The number of ether oxygens (including phenoxy) is 1. The van der Waals surface area contributed by atoms with E-state index < -0.39 is 49.0 Å².